The summed E-state index contributed by atoms with van der Waals surface area (Å²) in [6.45, 7) is 2.15. The molecule has 0 N–H and O–H groups in total. The average molecular weight is 297 g/mol. The van der Waals surface area contributed by atoms with Crippen molar-refractivity contribution in [2.75, 3.05) is 20.8 Å². The van der Waals surface area contributed by atoms with Gasteiger partial charge in [-0.2, -0.15) is 0 Å². The molecule has 0 amide bonds. The normalized spacial score (nSPS) is 18.4. The van der Waals surface area contributed by atoms with Crippen LogP contribution in [0, 0.1) is 0 Å². The molecule has 2 aromatic rings. The van der Waals surface area contributed by atoms with Gasteiger partial charge in [-0.25, -0.2) is 0 Å². The van der Waals surface area contributed by atoms with Gasteiger partial charge in [0, 0.05) is 12.6 Å². The number of methoxy groups -OCH3 is 2. The minimum Gasteiger partial charge on any atom is -0.493 e. The summed E-state index contributed by atoms with van der Waals surface area (Å²) in [4.78, 5) is 2.55. The molecule has 0 saturated carbocycles. The summed E-state index contributed by atoms with van der Waals surface area (Å²) < 4.78 is 10.8. The molecule has 1 aliphatic rings. The zero-order chi connectivity index (χ0) is 15.4. The number of hydrogen-bond acceptors (Lipinski definition) is 3. The first-order valence-electron chi connectivity index (χ1n) is 7.81. The lowest BCUT2D eigenvalue weighted by Gasteiger charge is -2.25. The summed E-state index contributed by atoms with van der Waals surface area (Å²) in [5, 5.41) is 0. The van der Waals surface area contributed by atoms with Crippen LogP contribution in [0.5, 0.6) is 11.5 Å². The lowest BCUT2D eigenvalue weighted by atomic mass is 10.0. The highest BCUT2D eigenvalue weighted by Crippen LogP contribution is 2.37. The molecule has 0 aromatic heterocycles. The maximum atomic E-state index is 5.45. The lowest BCUT2D eigenvalue weighted by molar-refractivity contribution is 0.247. The molecular weight excluding hydrogens is 274 g/mol. The van der Waals surface area contributed by atoms with Crippen molar-refractivity contribution < 1.29 is 9.47 Å². The molecule has 22 heavy (non-hydrogen) atoms. The summed E-state index contributed by atoms with van der Waals surface area (Å²) in [5.41, 5.74) is 2.68. The van der Waals surface area contributed by atoms with Crippen LogP contribution in [-0.4, -0.2) is 25.7 Å². The smallest absolute Gasteiger partial charge is 0.161 e. The molecular formula is C19H23NO2. The Morgan fingerprint density at radius 1 is 1.00 bits per heavy atom. The van der Waals surface area contributed by atoms with E-state index in [1.165, 1.54) is 24.0 Å². The zero-order valence-electron chi connectivity index (χ0n) is 13.3. The number of benzene rings is 2. The van der Waals surface area contributed by atoms with E-state index < -0.39 is 0 Å². The highest BCUT2D eigenvalue weighted by atomic mass is 16.5. The van der Waals surface area contributed by atoms with E-state index in [2.05, 4.69) is 47.4 Å². The van der Waals surface area contributed by atoms with Crippen LogP contribution in [0.3, 0.4) is 0 Å². The number of nitrogens with zero attached hydrogens (tertiary/aromatic N) is 1. The van der Waals surface area contributed by atoms with Crippen molar-refractivity contribution in [1.82, 2.24) is 4.90 Å². The predicted octanol–water partition coefficient (Wildman–Crippen LogP) is 4.04. The Bertz CT molecular complexity index is 612. The molecule has 0 radical (unpaired) electrons. The summed E-state index contributed by atoms with van der Waals surface area (Å²) in [6.07, 6.45) is 2.44. The Hall–Kier alpha value is -2.00. The van der Waals surface area contributed by atoms with E-state index in [0.29, 0.717) is 6.04 Å². The van der Waals surface area contributed by atoms with E-state index in [1.54, 1.807) is 14.2 Å². The quantitative estimate of drug-likeness (QED) is 0.831. The Kier molecular flexibility index (Phi) is 4.64. The Balaban J connectivity index is 1.81. The molecule has 116 valence electrons. The number of rotatable bonds is 5. The van der Waals surface area contributed by atoms with Gasteiger partial charge in [-0.05, 0) is 42.6 Å². The van der Waals surface area contributed by atoms with E-state index in [1.807, 2.05) is 6.07 Å². The largest absolute Gasteiger partial charge is 0.493 e. The number of hydrogen-bond donors (Lipinski definition) is 0. The Morgan fingerprint density at radius 2 is 1.77 bits per heavy atom. The zero-order valence-corrected chi connectivity index (χ0v) is 13.3. The van der Waals surface area contributed by atoms with E-state index in [4.69, 9.17) is 9.47 Å². The van der Waals surface area contributed by atoms with Gasteiger partial charge < -0.3 is 9.47 Å². The fraction of sp³-hybridized carbons (Fsp3) is 0.368. The van der Waals surface area contributed by atoms with Gasteiger partial charge in [-0.1, -0.05) is 36.4 Å². The van der Waals surface area contributed by atoms with Crippen molar-refractivity contribution in [3.8, 4) is 11.5 Å². The first-order valence-corrected chi connectivity index (χ1v) is 7.81. The third-order valence-electron chi connectivity index (χ3n) is 4.38. The van der Waals surface area contributed by atoms with Crippen LogP contribution in [0.2, 0.25) is 0 Å². The average Bonchev–Trinajstić information content (AvgIpc) is 3.03. The van der Waals surface area contributed by atoms with Gasteiger partial charge in [0.15, 0.2) is 11.5 Å². The summed E-state index contributed by atoms with van der Waals surface area (Å²) >= 11 is 0. The molecule has 2 aromatic carbocycles. The maximum absolute atomic E-state index is 5.45. The highest BCUT2D eigenvalue weighted by Gasteiger charge is 2.26. The first-order chi connectivity index (χ1) is 10.8. The molecule has 1 saturated heterocycles. The van der Waals surface area contributed by atoms with Crippen LogP contribution >= 0.6 is 0 Å². The molecule has 0 spiro atoms. The fourth-order valence-electron chi connectivity index (χ4n) is 3.27. The topological polar surface area (TPSA) is 21.7 Å². The van der Waals surface area contributed by atoms with Crippen molar-refractivity contribution in [2.24, 2.45) is 0 Å². The molecule has 3 rings (SSSR count). The summed E-state index contributed by atoms with van der Waals surface area (Å²) in [7, 11) is 3.37. The van der Waals surface area contributed by atoms with Crippen LogP contribution in [-0.2, 0) is 6.54 Å². The second-order valence-electron chi connectivity index (χ2n) is 5.73. The van der Waals surface area contributed by atoms with Crippen molar-refractivity contribution in [1.29, 1.82) is 0 Å². The van der Waals surface area contributed by atoms with E-state index in [-0.39, 0.29) is 0 Å². The third-order valence-corrected chi connectivity index (χ3v) is 4.38. The van der Waals surface area contributed by atoms with Crippen LogP contribution < -0.4 is 9.47 Å². The van der Waals surface area contributed by atoms with Gasteiger partial charge in [0.25, 0.3) is 0 Å². The van der Waals surface area contributed by atoms with Crippen LogP contribution in [0.1, 0.15) is 30.0 Å². The minimum absolute atomic E-state index is 0.458. The maximum Gasteiger partial charge on any atom is 0.161 e. The van der Waals surface area contributed by atoms with Crippen molar-refractivity contribution in [3.63, 3.8) is 0 Å². The Labute approximate surface area is 132 Å². The van der Waals surface area contributed by atoms with Crippen LogP contribution in [0.15, 0.2) is 48.5 Å². The minimum atomic E-state index is 0.458. The SMILES string of the molecule is COc1ccc([C@H]2CCCN2Cc2ccccc2)cc1OC. The first kappa shape index (κ1) is 14.9. The lowest BCUT2D eigenvalue weighted by Crippen LogP contribution is -2.22. The molecule has 3 heteroatoms. The molecule has 0 aliphatic carbocycles. The molecule has 1 heterocycles. The van der Waals surface area contributed by atoms with Gasteiger partial charge in [-0.15, -0.1) is 0 Å². The van der Waals surface area contributed by atoms with Gasteiger partial charge in [0.2, 0.25) is 0 Å². The molecule has 3 nitrogen and oxygen atoms in total. The number of ether oxygens (including phenoxy) is 2. The second-order valence-corrected chi connectivity index (χ2v) is 5.73. The van der Waals surface area contributed by atoms with Crippen LogP contribution in [0.4, 0.5) is 0 Å². The van der Waals surface area contributed by atoms with E-state index in [9.17, 15) is 0 Å². The molecule has 1 fully saturated rings. The van der Waals surface area contributed by atoms with E-state index in [0.717, 1.165) is 24.6 Å². The standard InChI is InChI=1S/C19H23NO2/c1-21-18-11-10-16(13-19(18)22-2)17-9-6-12-20(17)14-15-7-4-3-5-8-15/h3-5,7-8,10-11,13,17H,6,9,12,14H2,1-2H3/t17-/m1/s1. The van der Waals surface area contributed by atoms with Gasteiger partial charge in [0.05, 0.1) is 14.2 Å². The second kappa shape index (κ2) is 6.84. The van der Waals surface area contributed by atoms with Crippen LogP contribution in [0.25, 0.3) is 0 Å². The predicted molar refractivity (Wildman–Crippen MR) is 88.4 cm³/mol. The molecule has 1 aliphatic heterocycles. The molecule has 0 unspecified atom stereocenters. The van der Waals surface area contributed by atoms with Gasteiger partial charge in [-0.3, -0.25) is 4.90 Å². The highest BCUT2D eigenvalue weighted by molar-refractivity contribution is 5.44. The van der Waals surface area contributed by atoms with Crippen molar-refractivity contribution >= 4 is 0 Å². The van der Waals surface area contributed by atoms with Crippen molar-refractivity contribution in [2.45, 2.75) is 25.4 Å². The van der Waals surface area contributed by atoms with Gasteiger partial charge in [0.1, 0.15) is 0 Å². The number of likely N-dealkylation sites (tertiary alicyclic amines) is 1. The summed E-state index contributed by atoms with van der Waals surface area (Å²) in [5.74, 6) is 1.60. The monoisotopic (exact) mass is 297 g/mol. The van der Waals surface area contributed by atoms with E-state index >= 15 is 0 Å². The molecule has 0 bridgehead atoms. The Morgan fingerprint density at radius 3 is 2.50 bits per heavy atom. The molecule has 1 atom stereocenters. The third kappa shape index (κ3) is 3.09. The fourth-order valence-corrected chi connectivity index (χ4v) is 3.27. The van der Waals surface area contributed by atoms with Crippen molar-refractivity contribution in [3.05, 3.63) is 59.7 Å². The summed E-state index contributed by atoms with van der Waals surface area (Å²) in [6, 6.07) is 17.4. The van der Waals surface area contributed by atoms with Gasteiger partial charge >= 0.3 is 0 Å².